The van der Waals surface area contributed by atoms with Crippen LogP contribution < -0.4 is 14.4 Å². The Balaban J connectivity index is 2.26. The number of methoxy groups -OCH3 is 1. The van der Waals surface area contributed by atoms with Crippen LogP contribution in [0.3, 0.4) is 0 Å². The maximum Gasteiger partial charge on any atom is 0.271 e. The zero-order chi connectivity index (χ0) is 21.8. The molecule has 0 aromatic heterocycles. The minimum absolute atomic E-state index is 0.0430. The fraction of sp³-hybridized carbons (Fsp3) is 0.316. The van der Waals surface area contributed by atoms with E-state index in [0.717, 1.165) is 22.2 Å². The van der Waals surface area contributed by atoms with Gasteiger partial charge in [-0.3, -0.25) is 19.2 Å². The van der Waals surface area contributed by atoms with Crippen molar-refractivity contribution in [3.8, 4) is 5.75 Å². The highest BCUT2D eigenvalue weighted by Gasteiger charge is 2.30. The fourth-order valence-corrected chi connectivity index (χ4v) is 4.03. The molecule has 2 atom stereocenters. The topological polar surface area (TPSA) is 119 Å². The van der Waals surface area contributed by atoms with Crippen LogP contribution in [0.5, 0.6) is 5.75 Å². The summed E-state index contributed by atoms with van der Waals surface area (Å²) in [5, 5.41) is 13.8. The molecule has 0 aliphatic rings. The third kappa shape index (κ3) is 5.44. The molecule has 2 rings (SSSR count). The Morgan fingerprint density at radius 3 is 2.31 bits per heavy atom. The predicted octanol–water partition coefficient (Wildman–Crippen LogP) is 2.64. The highest BCUT2D eigenvalue weighted by molar-refractivity contribution is 7.92. The van der Waals surface area contributed by atoms with Gasteiger partial charge in [-0.1, -0.05) is 18.2 Å². The molecule has 0 radical (unpaired) electrons. The number of nitrogens with zero attached hydrogens (tertiary/aromatic N) is 2. The number of ether oxygens (including phenoxy) is 1. The Labute approximate surface area is 169 Å². The maximum absolute atomic E-state index is 12.8. The van der Waals surface area contributed by atoms with Gasteiger partial charge in [-0.2, -0.15) is 0 Å². The van der Waals surface area contributed by atoms with Crippen LogP contribution >= 0.6 is 0 Å². The van der Waals surface area contributed by atoms with Crippen LogP contribution in [0.4, 0.5) is 11.4 Å². The largest absolute Gasteiger partial charge is 0.497 e. The molecule has 0 saturated heterocycles. The highest BCUT2D eigenvalue weighted by atomic mass is 32.2. The van der Waals surface area contributed by atoms with Crippen LogP contribution in [0.15, 0.2) is 48.5 Å². The number of non-ortho nitro benzene ring substituents is 1. The molecule has 0 bridgehead atoms. The summed E-state index contributed by atoms with van der Waals surface area (Å²) in [5.74, 6) is 0.139. The van der Waals surface area contributed by atoms with Crippen LogP contribution in [0.2, 0.25) is 0 Å². The lowest BCUT2D eigenvalue weighted by Crippen LogP contribution is -2.48. The minimum Gasteiger partial charge on any atom is -0.497 e. The quantitative estimate of drug-likeness (QED) is 0.517. The van der Waals surface area contributed by atoms with E-state index in [1.165, 1.54) is 25.1 Å². The Bertz CT molecular complexity index is 991. The third-order valence-corrected chi connectivity index (χ3v) is 5.60. The molecule has 0 saturated carbocycles. The first-order valence-corrected chi connectivity index (χ1v) is 10.6. The lowest BCUT2D eigenvalue weighted by Gasteiger charge is -2.29. The van der Waals surface area contributed by atoms with Crippen molar-refractivity contribution < 1.29 is 22.9 Å². The summed E-state index contributed by atoms with van der Waals surface area (Å²) < 4.78 is 30.7. The zero-order valence-electron chi connectivity index (χ0n) is 16.5. The van der Waals surface area contributed by atoms with Gasteiger partial charge in [-0.25, -0.2) is 8.42 Å². The first kappa shape index (κ1) is 22.2. The molecule has 0 aliphatic heterocycles. The molecular weight excluding hydrogens is 398 g/mol. The first-order valence-electron chi connectivity index (χ1n) is 8.72. The van der Waals surface area contributed by atoms with Gasteiger partial charge in [0.15, 0.2) is 0 Å². The van der Waals surface area contributed by atoms with Crippen LogP contribution in [0, 0.1) is 10.1 Å². The predicted molar refractivity (Wildman–Crippen MR) is 109 cm³/mol. The number of hydrogen-bond donors (Lipinski definition) is 1. The molecule has 0 fully saturated rings. The number of amides is 1. The number of anilines is 1. The van der Waals surface area contributed by atoms with Gasteiger partial charge in [0.25, 0.3) is 5.69 Å². The monoisotopic (exact) mass is 421 g/mol. The second kappa shape index (κ2) is 8.91. The van der Waals surface area contributed by atoms with Crippen molar-refractivity contribution >= 4 is 27.3 Å². The van der Waals surface area contributed by atoms with Crippen LogP contribution in [-0.2, 0) is 14.8 Å². The van der Waals surface area contributed by atoms with Crippen LogP contribution in [0.1, 0.15) is 25.5 Å². The first-order chi connectivity index (χ1) is 13.5. The van der Waals surface area contributed by atoms with E-state index in [9.17, 15) is 23.3 Å². The van der Waals surface area contributed by atoms with E-state index in [1.807, 2.05) is 0 Å². The highest BCUT2D eigenvalue weighted by Crippen LogP contribution is 2.26. The summed E-state index contributed by atoms with van der Waals surface area (Å²) >= 11 is 0. The molecular formula is C19H23N3O6S. The Morgan fingerprint density at radius 1 is 1.17 bits per heavy atom. The van der Waals surface area contributed by atoms with Crippen molar-refractivity contribution in [2.45, 2.75) is 25.9 Å². The molecule has 0 unspecified atom stereocenters. The second-order valence-electron chi connectivity index (χ2n) is 6.52. The number of benzene rings is 2. The molecule has 0 spiro atoms. The van der Waals surface area contributed by atoms with Crippen molar-refractivity contribution in [2.75, 3.05) is 17.7 Å². The number of hydrogen-bond acceptors (Lipinski definition) is 6. The normalized spacial score (nSPS) is 13.2. The summed E-state index contributed by atoms with van der Waals surface area (Å²) in [6, 6.07) is 10.8. The molecule has 2 aromatic rings. The molecule has 1 amide bonds. The van der Waals surface area contributed by atoms with Gasteiger partial charge in [0.05, 0.1) is 30.0 Å². The second-order valence-corrected chi connectivity index (χ2v) is 8.37. The van der Waals surface area contributed by atoms with E-state index in [0.29, 0.717) is 5.75 Å². The molecule has 29 heavy (non-hydrogen) atoms. The third-order valence-electron chi connectivity index (χ3n) is 4.36. The van der Waals surface area contributed by atoms with Gasteiger partial charge in [0.2, 0.25) is 15.9 Å². The van der Waals surface area contributed by atoms with E-state index < -0.39 is 26.9 Å². The number of nitro groups is 1. The number of carbonyl (C=O) groups is 1. The summed E-state index contributed by atoms with van der Waals surface area (Å²) in [5.41, 5.74) is 0.587. The smallest absolute Gasteiger partial charge is 0.271 e. The lowest BCUT2D eigenvalue weighted by molar-refractivity contribution is -0.384. The van der Waals surface area contributed by atoms with Crippen LogP contribution in [0.25, 0.3) is 0 Å². The summed E-state index contributed by atoms with van der Waals surface area (Å²) in [6.45, 7) is 3.19. The summed E-state index contributed by atoms with van der Waals surface area (Å²) in [4.78, 5) is 23.2. The average molecular weight is 421 g/mol. The van der Waals surface area contributed by atoms with Gasteiger partial charge < -0.3 is 10.1 Å². The fourth-order valence-electron chi connectivity index (χ4n) is 2.86. The summed E-state index contributed by atoms with van der Waals surface area (Å²) in [6.07, 6.45) is 0.947. The van der Waals surface area contributed by atoms with Crippen molar-refractivity contribution in [3.05, 3.63) is 64.2 Å². The SMILES string of the molecule is COc1ccc([C@H](C)NC(=O)[C@@H](C)N(c2cccc([N+](=O)[O-])c2)S(C)(=O)=O)cc1. The number of nitrogens with one attached hydrogen (secondary N) is 1. The molecule has 156 valence electrons. The number of nitro benzene ring substituents is 1. The molecule has 9 nitrogen and oxygen atoms in total. The van der Waals surface area contributed by atoms with E-state index >= 15 is 0 Å². The van der Waals surface area contributed by atoms with Crippen molar-refractivity contribution in [1.29, 1.82) is 0 Å². The number of sulfonamides is 1. The van der Waals surface area contributed by atoms with Crippen molar-refractivity contribution in [3.63, 3.8) is 0 Å². The van der Waals surface area contributed by atoms with E-state index in [-0.39, 0.29) is 17.4 Å². The van der Waals surface area contributed by atoms with Gasteiger partial charge in [0, 0.05) is 12.1 Å². The molecule has 0 heterocycles. The minimum atomic E-state index is -3.88. The van der Waals surface area contributed by atoms with Crippen molar-refractivity contribution in [2.24, 2.45) is 0 Å². The van der Waals surface area contributed by atoms with Gasteiger partial charge >= 0.3 is 0 Å². The molecule has 1 N–H and O–H groups in total. The number of carbonyl (C=O) groups excluding carboxylic acids is 1. The Kier molecular flexibility index (Phi) is 6.80. The van der Waals surface area contributed by atoms with Gasteiger partial charge in [-0.15, -0.1) is 0 Å². The van der Waals surface area contributed by atoms with Gasteiger partial charge in [0.1, 0.15) is 11.8 Å². The molecule has 0 aliphatic carbocycles. The van der Waals surface area contributed by atoms with E-state index in [1.54, 1.807) is 38.3 Å². The van der Waals surface area contributed by atoms with E-state index in [2.05, 4.69) is 5.32 Å². The van der Waals surface area contributed by atoms with Gasteiger partial charge in [-0.05, 0) is 37.6 Å². The number of rotatable bonds is 8. The standard InChI is InChI=1S/C19H23N3O6S/c1-13(15-8-10-18(28-3)11-9-15)20-19(23)14(2)21(29(4,26)27)16-6-5-7-17(12-16)22(24)25/h5-14H,1-4H3,(H,20,23)/t13-,14+/m0/s1. The maximum atomic E-state index is 12.8. The molecule has 10 heteroatoms. The average Bonchev–Trinajstić information content (AvgIpc) is 2.67. The molecule has 2 aromatic carbocycles. The lowest BCUT2D eigenvalue weighted by atomic mass is 10.1. The Hall–Kier alpha value is -3.14. The Morgan fingerprint density at radius 2 is 1.79 bits per heavy atom. The van der Waals surface area contributed by atoms with E-state index in [4.69, 9.17) is 4.74 Å². The summed E-state index contributed by atoms with van der Waals surface area (Å²) in [7, 11) is -2.33. The van der Waals surface area contributed by atoms with Crippen molar-refractivity contribution in [1.82, 2.24) is 5.32 Å². The zero-order valence-corrected chi connectivity index (χ0v) is 17.3. The van der Waals surface area contributed by atoms with Crippen LogP contribution in [-0.4, -0.2) is 38.7 Å².